The van der Waals surface area contributed by atoms with Gasteiger partial charge >= 0.3 is 5.97 Å². The molecule has 1 unspecified atom stereocenters. The van der Waals surface area contributed by atoms with E-state index in [1.54, 1.807) is 11.3 Å². The molecule has 0 amide bonds. The number of aromatic nitrogens is 1. The first-order chi connectivity index (χ1) is 9.51. The Hall–Kier alpha value is -1.10. The lowest BCUT2D eigenvalue weighted by atomic mass is 9.73. The zero-order valence-corrected chi connectivity index (χ0v) is 13.4. The Morgan fingerprint density at radius 3 is 3.05 bits per heavy atom. The van der Waals surface area contributed by atoms with Gasteiger partial charge in [-0.1, -0.05) is 26.7 Å². The highest BCUT2D eigenvalue weighted by molar-refractivity contribution is 7.13. The number of hydrogen-bond donors (Lipinski definition) is 1. The van der Waals surface area contributed by atoms with Crippen molar-refractivity contribution in [1.82, 2.24) is 4.98 Å². The second kappa shape index (κ2) is 6.57. The monoisotopic (exact) mass is 296 g/mol. The molecular weight excluding hydrogens is 272 g/mol. The number of carbonyl (C=O) groups excluding carboxylic acids is 1. The molecule has 1 aromatic heterocycles. The minimum absolute atomic E-state index is 0.206. The average molecular weight is 296 g/mol. The normalized spacial score (nSPS) is 21.4. The Kier molecular flexibility index (Phi) is 5.02. The van der Waals surface area contributed by atoms with Gasteiger partial charge in [-0.3, -0.25) is 4.79 Å². The molecule has 1 aliphatic rings. The second-order valence-electron chi connectivity index (χ2n) is 6.06. The summed E-state index contributed by atoms with van der Waals surface area (Å²) in [5.74, 6) is -0.206. The van der Waals surface area contributed by atoms with Crippen LogP contribution in [0.5, 0.6) is 0 Å². The number of thiazole rings is 1. The van der Waals surface area contributed by atoms with Crippen LogP contribution in [0.15, 0.2) is 5.38 Å². The molecule has 4 nitrogen and oxygen atoms in total. The second-order valence-corrected chi connectivity index (χ2v) is 6.92. The molecule has 0 spiro atoms. The number of nitrogens with zero attached hydrogens (tertiary/aromatic N) is 1. The molecular formula is C15H24N2O2S. The van der Waals surface area contributed by atoms with Crippen molar-refractivity contribution in [1.29, 1.82) is 0 Å². The highest BCUT2D eigenvalue weighted by Gasteiger charge is 2.32. The van der Waals surface area contributed by atoms with Crippen LogP contribution in [0, 0.1) is 5.41 Å². The summed E-state index contributed by atoms with van der Waals surface area (Å²) >= 11 is 1.57. The van der Waals surface area contributed by atoms with Crippen LogP contribution in [0.1, 0.15) is 52.1 Å². The van der Waals surface area contributed by atoms with Crippen LogP contribution in [0.25, 0.3) is 0 Å². The molecule has 1 saturated carbocycles. The van der Waals surface area contributed by atoms with Crippen LogP contribution in [0.2, 0.25) is 0 Å². The first-order valence-corrected chi connectivity index (χ1v) is 8.26. The standard InChI is InChI=1S/C15H24N2O2S/c1-4-19-13(18)9-11-10-20-14(16-11)17-12-7-5-6-8-15(12,2)3/h10,12H,4-9H2,1-3H3,(H,16,17). The first kappa shape index (κ1) is 15.3. The summed E-state index contributed by atoms with van der Waals surface area (Å²) in [6.45, 7) is 6.87. The summed E-state index contributed by atoms with van der Waals surface area (Å²) in [6, 6.07) is 0.470. The Morgan fingerprint density at radius 1 is 1.55 bits per heavy atom. The van der Waals surface area contributed by atoms with Gasteiger partial charge in [-0.25, -0.2) is 4.98 Å². The molecule has 1 atom stereocenters. The van der Waals surface area contributed by atoms with Gasteiger partial charge in [0.25, 0.3) is 0 Å². The van der Waals surface area contributed by atoms with E-state index in [4.69, 9.17) is 4.74 Å². The van der Waals surface area contributed by atoms with Crippen molar-refractivity contribution in [2.24, 2.45) is 5.41 Å². The van der Waals surface area contributed by atoms with E-state index >= 15 is 0 Å². The molecule has 1 N–H and O–H groups in total. The predicted octanol–water partition coefficient (Wildman–Crippen LogP) is 3.63. The van der Waals surface area contributed by atoms with E-state index in [9.17, 15) is 4.79 Å². The molecule has 0 bridgehead atoms. The topological polar surface area (TPSA) is 51.2 Å². The molecule has 1 fully saturated rings. The lowest BCUT2D eigenvalue weighted by molar-refractivity contribution is -0.142. The molecule has 1 aliphatic carbocycles. The first-order valence-electron chi connectivity index (χ1n) is 7.38. The van der Waals surface area contributed by atoms with Crippen molar-refractivity contribution < 1.29 is 9.53 Å². The number of ether oxygens (including phenoxy) is 1. The van der Waals surface area contributed by atoms with Crippen LogP contribution >= 0.6 is 11.3 Å². The van der Waals surface area contributed by atoms with Gasteiger partial charge in [0.2, 0.25) is 0 Å². The average Bonchev–Trinajstić information content (AvgIpc) is 2.79. The van der Waals surface area contributed by atoms with Crippen molar-refractivity contribution in [3.63, 3.8) is 0 Å². The van der Waals surface area contributed by atoms with Crippen molar-refractivity contribution in [2.75, 3.05) is 11.9 Å². The lowest BCUT2D eigenvalue weighted by Gasteiger charge is -2.38. The summed E-state index contributed by atoms with van der Waals surface area (Å²) in [4.78, 5) is 15.9. The number of rotatable bonds is 5. The minimum atomic E-state index is -0.206. The predicted molar refractivity (Wildman–Crippen MR) is 82.1 cm³/mol. The quantitative estimate of drug-likeness (QED) is 0.843. The fourth-order valence-electron chi connectivity index (χ4n) is 2.72. The van der Waals surface area contributed by atoms with E-state index in [0.717, 1.165) is 10.8 Å². The SMILES string of the molecule is CCOC(=O)Cc1csc(NC2CCCCC2(C)C)n1. The van der Waals surface area contributed by atoms with Gasteiger partial charge in [0.1, 0.15) is 0 Å². The van der Waals surface area contributed by atoms with E-state index in [2.05, 4.69) is 24.1 Å². The number of hydrogen-bond acceptors (Lipinski definition) is 5. The largest absolute Gasteiger partial charge is 0.466 e. The molecule has 0 radical (unpaired) electrons. The lowest BCUT2D eigenvalue weighted by Crippen LogP contribution is -2.38. The highest BCUT2D eigenvalue weighted by atomic mass is 32.1. The van der Waals surface area contributed by atoms with Crippen molar-refractivity contribution in [3.05, 3.63) is 11.1 Å². The van der Waals surface area contributed by atoms with E-state index < -0.39 is 0 Å². The van der Waals surface area contributed by atoms with Crippen molar-refractivity contribution >= 4 is 22.4 Å². The maximum Gasteiger partial charge on any atom is 0.311 e. The number of anilines is 1. The number of esters is 1. The molecule has 112 valence electrons. The number of carbonyl (C=O) groups is 1. The molecule has 0 aliphatic heterocycles. The van der Waals surface area contributed by atoms with Crippen LogP contribution in [0.3, 0.4) is 0 Å². The smallest absolute Gasteiger partial charge is 0.311 e. The molecule has 0 saturated heterocycles. The zero-order chi connectivity index (χ0) is 14.6. The number of nitrogens with one attached hydrogen (secondary N) is 1. The third-order valence-electron chi connectivity index (χ3n) is 3.99. The van der Waals surface area contributed by atoms with Gasteiger partial charge in [-0.15, -0.1) is 11.3 Å². The van der Waals surface area contributed by atoms with Gasteiger partial charge in [-0.05, 0) is 25.2 Å². The molecule has 1 heterocycles. The Balaban J connectivity index is 1.93. The summed E-state index contributed by atoms with van der Waals surface area (Å²) < 4.78 is 4.94. The molecule has 20 heavy (non-hydrogen) atoms. The molecule has 1 aromatic rings. The summed E-state index contributed by atoms with van der Waals surface area (Å²) in [5.41, 5.74) is 1.11. The third kappa shape index (κ3) is 3.95. The fourth-order valence-corrected chi connectivity index (χ4v) is 3.49. The Bertz CT molecular complexity index is 456. The van der Waals surface area contributed by atoms with Gasteiger partial charge in [-0.2, -0.15) is 0 Å². The van der Waals surface area contributed by atoms with Gasteiger partial charge in [0.15, 0.2) is 5.13 Å². The van der Waals surface area contributed by atoms with E-state index in [1.807, 2.05) is 12.3 Å². The summed E-state index contributed by atoms with van der Waals surface area (Å²) in [7, 11) is 0. The fraction of sp³-hybridized carbons (Fsp3) is 0.733. The maximum atomic E-state index is 11.4. The Labute approximate surface area is 124 Å². The van der Waals surface area contributed by atoms with Crippen LogP contribution in [0.4, 0.5) is 5.13 Å². The Morgan fingerprint density at radius 2 is 2.35 bits per heavy atom. The van der Waals surface area contributed by atoms with Crippen LogP contribution < -0.4 is 5.32 Å². The minimum Gasteiger partial charge on any atom is -0.466 e. The van der Waals surface area contributed by atoms with E-state index in [0.29, 0.717) is 18.1 Å². The van der Waals surface area contributed by atoms with Crippen molar-refractivity contribution in [3.8, 4) is 0 Å². The van der Waals surface area contributed by atoms with E-state index in [-0.39, 0.29) is 12.4 Å². The van der Waals surface area contributed by atoms with Crippen molar-refractivity contribution in [2.45, 2.75) is 58.9 Å². The van der Waals surface area contributed by atoms with Crippen LogP contribution in [-0.2, 0) is 16.0 Å². The van der Waals surface area contributed by atoms with Gasteiger partial charge < -0.3 is 10.1 Å². The van der Waals surface area contributed by atoms with Gasteiger partial charge in [0, 0.05) is 11.4 Å². The third-order valence-corrected chi connectivity index (χ3v) is 4.81. The highest BCUT2D eigenvalue weighted by Crippen LogP contribution is 2.37. The summed E-state index contributed by atoms with van der Waals surface area (Å²) in [6.07, 6.45) is 5.31. The molecule has 5 heteroatoms. The van der Waals surface area contributed by atoms with E-state index in [1.165, 1.54) is 25.7 Å². The maximum absolute atomic E-state index is 11.4. The summed E-state index contributed by atoms with van der Waals surface area (Å²) in [5, 5.41) is 6.41. The molecule has 2 rings (SSSR count). The van der Waals surface area contributed by atoms with Gasteiger partial charge in [0.05, 0.1) is 18.7 Å². The zero-order valence-electron chi connectivity index (χ0n) is 12.6. The van der Waals surface area contributed by atoms with Crippen LogP contribution in [-0.4, -0.2) is 23.6 Å². The molecule has 0 aromatic carbocycles.